The maximum absolute atomic E-state index is 4.66. The van der Waals surface area contributed by atoms with Crippen molar-refractivity contribution in [1.82, 2.24) is 20.0 Å². The van der Waals surface area contributed by atoms with E-state index in [9.17, 15) is 0 Å². The Morgan fingerprint density at radius 1 is 1.39 bits per heavy atom. The molecule has 0 bridgehead atoms. The lowest BCUT2D eigenvalue weighted by molar-refractivity contribution is 0.198. The van der Waals surface area contributed by atoms with E-state index in [1.54, 1.807) is 0 Å². The quantitative estimate of drug-likeness (QED) is 0.866. The van der Waals surface area contributed by atoms with Gasteiger partial charge in [-0.2, -0.15) is 5.10 Å². The number of nitrogens with one attached hydrogen (secondary N) is 1. The highest BCUT2D eigenvalue weighted by molar-refractivity contribution is 5.81. The van der Waals surface area contributed by atoms with E-state index in [1.165, 1.54) is 16.6 Å². The summed E-state index contributed by atoms with van der Waals surface area (Å²) < 4.78 is 1.98. The minimum Gasteiger partial charge on any atom is -0.312 e. The first-order chi connectivity index (χ1) is 8.74. The number of rotatable bonds is 2. The van der Waals surface area contributed by atoms with Gasteiger partial charge in [0.1, 0.15) is 0 Å². The Bertz CT molecular complexity index is 546. The van der Waals surface area contributed by atoms with Gasteiger partial charge < -0.3 is 5.32 Å². The minimum atomic E-state index is 0.578. The number of benzene rings is 1. The summed E-state index contributed by atoms with van der Waals surface area (Å²) in [5, 5.41) is 9.42. The number of para-hydroxylation sites is 1. The van der Waals surface area contributed by atoms with E-state index in [-0.39, 0.29) is 0 Å². The van der Waals surface area contributed by atoms with Crippen LogP contribution in [0.15, 0.2) is 24.3 Å². The maximum atomic E-state index is 4.66. The van der Waals surface area contributed by atoms with E-state index in [2.05, 4.69) is 46.5 Å². The molecule has 3 rings (SSSR count). The van der Waals surface area contributed by atoms with Crippen LogP contribution in [-0.4, -0.2) is 40.4 Å². The molecule has 0 aliphatic carbocycles. The largest absolute Gasteiger partial charge is 0.312 e. The molecule has 0 spiro atoms. The second-order valence-electron chi connectivity index (χ2n) is 5.18. The normalized spacial score (nSPS) is 21.6. The molecule has 0 unspecified atom stereocenters. The Hall–Kier alpha value is -1.39. The van der Waals surface area contributed by atoms with Gasteiger partial charge in [0.15, 0.2) is 0 Å². The number of aryl methyl sites for hydroxylation is 1. The standard InChI is InChI=1S/C14H20N4/c1-11-9-18(8-7-15-11)10-13-12-5-3-4-6-14(12)17(2)16-13/h3-6,11,15H,7-10H2,1-2H3/t11-/m0/s1. The molecule has 1 atom stereocenters. The SMILES string of the molecule is C[C@H]1CN(Cc2nn(C)c3ccccc23)CCN1. The zero-order valence-electron chi connectivity index (χ0n) is 11.1. The summed E-state index contributed by atoms with van der Waals surface area (Å²) in [6, 6.07) is 9.04. The van der Waals surface area contributed by atoms with E-state index < -0.39 is 0 Å². The molecular weight excluding hydrogens is 224 g/mol. The summed E-state index contributed by atoms with van der Waals surface area (Å²) in [6.07, 6.45) is 0. The van der Waals surface area contributed by atoms with Gasteiger partial charge in [0.05, 0.1) is 11.2 Å². The van der Waals surface area contributed by atoms with Crippen LogP contribution in [-0.2, 0) is 13.6 Å². The van der Waals surface area contributed by atoms with E-state index >= 15 is 0 Å². The summed E-state index contributed by atoms with van der Waals surface area (Å²) in [6.45, 7) is 6.47. The van der Waals surface area contributed by atoms with Crippen LogP contribution in [0.25, 0.3) is 10.9 Å². The molecule has 1 N–H and O–H groups in total. The molecular formula is C14H20N4. The van der Waals surface area contributed by atoms with Crippen LogP contribution in [0, 0.1) is 0 Å². The van der Waals surface area contributed by atoms with Gasteiger partial charge >= 0.3 is 0 Å². The van der Waals surface area contributed by atoms with E-state index in [0.29, 0.717) is 6.04 Å². The first kappa shape index (κ1) is 11.7. The van der Waals surface area contributed by atoms with Crippen molar-refractivity contribution in [3.8, 4) is 0 Å². The molecule has 2 aromatic rings. The molecule has 1 aliphatic heterocycles. The zero-order valence-corrected chi connectivity index (χ0v) is 11.1. The minimum absolute atomic E-state index is 0.578. The van der Waals surface area contributed by atoms with Gasteiger partial charge in [0.25, 0.3) is 0 Å². The molecule has 18 heavy (non-hydrogen) atoms. The Kier molecular flexibility index (Phi) is 3.06. The van der Waals surface area contributed by atoms with Gasteiger partial charge in [-0.1, -0.05) is 18.2 Å². The van der Waals surface area contributed by atoms with Gasteiger partial charge in [0, 0.05) is 44.7 Å². The highest BCUT2D eigenvalue weighted by atomic mass is 15.3. The molecule has 0 saturated carbocycles. The van der Waals surface area contributed by atoms with Gasteiger partial charge in [-0.25, -0.2) is 0 Å². The number of nitrogens with zero attached hydrogens (tertiary/aromatic N) is 3. The Balaban J connectivity index is 1.86. The van der Waals surface area contributed by atoms with Gasteiger partial charge in [-0.05, 0) is 13.0 Å². The van der Waals surface area contributed by atoms with Crippen molar-refractivity contribution >= 4 is 10.9 Å². The monoisotopic (exact) mass is 244 g/mol. The van der Waals surface area contributed by atoms with Crippen LogP contribution in [0.5, 0.6) is 0 Å². The molecule has 1 saturated heterocycles. The number of hydrogen-bond acceptors (Lipinski definition) is 3. The fourth-order valence-corrected chi connectivity index (χ4v) is 2.77. The molecule has 4 nitrogen and oxygen atoms in total. The van der Waals surface area contributed by atoms with Crippen LogP contribution in [0.4, 0.5) is 0 Å². The average molecular weight is 244 g/mol. The first-order valence-corrected chi connectivity index (χ1v) is 6.60. The third-order valence-electron chi connectivity index (χ3n) is 3.66. The van der Waals surface area contributed by atoms with E-state index in [0.717, 1.165) is 26.2 Å². The highest BCUT2D eigenvalue weighted by Gasteiger charge is 2.18. The highest BCUT2D eigenvalue weighted by Crippen LogP contribution is 2.19. The smallest absolute Gasteiger partial charge is 0.0843 e. The summed E-state index contributed by atoms with van der Waals surface area (Å²) in [5.74, 6) is 0. The number of aromatic nitrogens is 2. The van der Waals surface area contributed by atoms with Crippen LogP contribution < -0.4 is 5.32 Å². The van der Waals surface area contributed by atoms with Crippen molar-refractivity contribution in [1.29, 1.82) is 0 Å². The van der Waals surface area contributed by atoms with Crippen molar-refractivity contribution in [3.63, 3.8) is 0 Å². The lowest BCUT2D eigenvalue weighted by Crippen LogP contribution is -2.48. The lowest BCUT2D eigenvalue weighted by Gasteiger charge is -2.31. The number of hydrogen-bond donors (Lipinski definition) is 1. The molecule has 0 amide bonds. The second-order valence-corrected chi connectivity index (χ2v) is 5.18. The number of fused-ring (bicyclic) bond motifs is 1. The summed E-state index contributed by atoms with van der Waals surface area (Å²) >= 11 is 0. The molecule has 0 radical (unpaired) electrons. The Morgan fingerprint density at radius 2 is 2.22 bits per heavy atom. The third-order valence-corrected chi connectivity index (χ3v) is 3.66. The van der Waals surface area contributed by atoms with E-state index in [1.807, 2.05) is 11.7 Å². The van der Waals surface area contributed by atoms with Crippen LogP contribution in [0.3, 0.4) is 0 Å². The van der Waals surface area contributed by atoms with Crippen molar-refractivity contribution in [2.24, 2.45) is 7.05 Å². The molecule has 1 aromatic heterocycles. The average Bonchev–Trinajstić information content (AvgIpc) is 2.67. The lowest BCUT2D eigenvalue weighted by atomic mass is 10.2. The predicted octanol–water partition coefficient (Wildman–Crippen LogP) is 1.37. The van der Waals surface area contributed by atoms with Crippen molar-refractivity contribution in [3.05, 3.63) is 30.0 Å². The van der Waals surface area contributed by atoms with Crippen LogP contribution >= 0.6 is 0 Å². The zero-order chi connectivity index (χ0) is 12.5. The van der Waals surface area contributed by atoms with Crippen molar-refractivity contribution in [2.75, 3.05) is 19.6 Å². The second kappa shape index (κ2) is 4.71. The van der Waals surface area contributed by atoms with Crippen LogP contribution in [0.1, 0.15) is 12.6 Å². The maximum Gasteiger partial charge on any atom is 0.0843 e. The van der Waals surface area contributed by atoms with Crippen LogP contribution in [0.2, 0.25) is 0 Å². The Morgan fingerprint density at radius 3 is 3.06 bits per heavy atom. The first-order valence-electron chi connectivity index (χ1n) is 6.60. The summed E-state index contributed by atoms with van der Waals surface area (Å²) in [5.41, 5.74) is 2.41. The fourth-order valence-electron chi connectivity index (χ4n) is 2.77. The van der Waals surface area contributed by atoms with E-state index in [4.69, 9.17) is 0 Å². The number of piperazine rings is 1. The summed E-state index contributed by atoms with van der Waals surface area (Å²) in [4.78, 5) is 2.48. The van der Waals surface area contributed by atoms with Gasteiger partial charge in [-0.3, -0.25) is 9.58 Å². The van der Waals surface area contributed by atoms with Crippen molar-refractivity contribution < 1.29 is 0 Å². The molecule has 96 valence electrons. The fraction of sp³-hybridized carbons (Fsp3) is 0.500. The molecule has 1 aliphatic rings. The molecule has 2 heterocycles. The Labute approximate surface area is 108 Å². The molecule has 4 heteroatoms. The summed E-state index contributed by atoms with van der Waals surface area (Å²) in [7, 11) is 2.02. The molecule has 1 aromatic carbocycles. The van der Waals surface area contributed by atoms with Gasteiger partial charge in [0.2, 0.25) is 0 Å². The van der Waals surface area contributed by atoms with Gasteiger partial charge in [-0.15, -0.1) is 0 Å². The topological polar surface area (TPSA) is 33.1 Å². The third kappa shape index (κ3) is 2.13. The molecule has 1 fully saturated rings. The predicted molar refractivity (Wildman–Crippen MR) is 73.5 cm³/mol. The van der Waals surface area contributed by atoms with Crippen molar-refractivity contribution in [2.45, 2.75) is 19.5 Å².